The number of carboxylic acid groups (broad SMARTS) is 2. The van der Waals surface area contributed by atoms with Crippen LogP contribution >= 0.6 is 0 Å². The van der Waals surface area contributed by atoms with Crippen LogP contribution in [0.5, 0.6) is 5.75 Å². The maximum atomic E-state index is 11.2. The van der Waals surface area contributed by atoms with Gasteiger partial charge in [-0.1, -0.05) is 31.7 Å². The monoisotopic (exact) mass is 420 g/mol. The van der Waals surface area contributed by atoms with Gasteiger partial charge < -0.3 is 15.3 Å². The van der Waals surface area contributed by atoms with Gasteiger partial charge in [0, 0.05) is 0 Å². The average Bonchev–Trinajstić information content (AvgIpc) is 2.64. The normalized spacial score (nSPS) is 12.2. The molecule has 170 valence electrons. The number of benzene rings is 1. The summed E-state index contributed by atoms with van der Waals surface area (Å²) in [5.74, 6) is -1.16. The molecule has 1 rings (SSSR count). The van der Waals surface area contributed by atoms with Crippen molar-refractivity contribution in [2.75, 3.05) is 0 Å². The molecule has 0 saturated carbocycles. The molecule has 0 heterocycles. The van der Waals surface area contributed by atoms with E-state index in [0.29, 0.717) is 18.6 Å². The molecule has 0 bridgehead atoms. The van der Waals surface area contributed by atoms with E-state index >= 15 is 0 Å². The van der Waals surface area contributed by atoms with Gasteiger partial charge in [0.2, 0.25) is 0 Å². The molecule has 0 spiro atoms. The molecule has 0 saturated heterocycles. The lowest BCUT2D eigenvalue weighted by atomic mass is 9.86. The van der Waals surface area contributed by atoms with E-state index in [1.807, 2.05) is 6.07 Å². The van der Waals surface area contributed by atoms with Crippen molar-refractivity contribution in [3.63, 3.8) is 0 Å². The number of aliphatic carboxylic acids is 2. The SMILES string of the molecule is Cc1cc(CCCCCC(C)(C)C(=O)O)c(O)cc1CCCCCC(C)(C)C(=O)O. The fourth-order valence-corrected chi connectivity index (χ4v) is 3.60. The van der Waals surface area contributed by atoms with E-state index in [4.69, 9.17) is 10.2 Å². The summed E-state index contributed by atoms with van der Waals surface area (Å²) in [6.07, 6.45) is 8.62. The molecule has 0 aliphatic carbocycles. The Morgan fingerprint density at radius 3 is 1.60 bits per heavy atom. The Bertz CT molecular complexity index is 657. The molecule has 30 heavy (non-hydrogen) atoms. The molecular formula is C25H40O5. The maximum absolute atomic E-state index is 11.2. The van der Waals surface area contributed by atoms with E-state index in [2.05, 4.69) is 13.0 Å². The van der Waals surface area contributed by atoms with Crippen LogP contribution in [0.2, 0.25) is 0 Å². The number of carbonyl (C=O) groups is 2. The van der Waals surface area contributed by atoms with Crippen LogP contribution in [0.25, 0.3) is 0 Å². The molecule has 0 aromatic heterocycles. The standard InChI is InChI=1S/C25H40O5/c1-18-16-20(13-9-7-11-15-25(4,5)23(29)30)21(26)17-19(18)12-8-6-10-14-24(2,3)22(27)28/h16-17,26H,6-15H2,1-5H3,(H,27,28)(H,29,30). The number of hydrogen-bond acceptors (Lipinski definition) is 3. The lowest BCUT2D eigenvalue weighted by molar-refractivity contribution is -0.148. The number of hydrogen-bond donors (Lipinski definition) is 3. The summed E-state index contributed by atoms with van der Waals surface area (Å²) in [4.78, 5) is 22.3. The quantitative estimate of drug-likeness (QED) is 0.315. The van der Waals surface area contributed by atoms with Gasteiger partial charge in [0.1, 0.15) is 5.75 Å². The van der Waals surface area contributed by atoms with Crippen molar-refractivity contribution in [2.24, 2.45) is 10.8 Å². The first-order chi connectivity index (χ1) is 13.9. The van der Waals surface area contributed by atoms with E-state index in [1.165, 1.54) is 5.56 Å². The van der Waals surface area contributed by atoms with Gasteiger partial charge in [0.25, 0.3) is 0 Å². The second-order valence-corrected chi connectivity index (χ2v) is 9.91. The zero-order chi connectivity index (χ0) is 22.9. The van der Waals surface area contributed by atoms with Gasteiger partial charge >= 0.3 is 11.9 Å². The summed E-state index contributed by atoms with van der Waals surface area (Å²) < 4.78 is 0. The molecule has 0 atom stereocenters. The fourth-order valence-electron chi connectivity index (χ4n) is 3.60. The third kappa shape index (κ3) is 8.37. The number of carboxylic acids is 2. The van der Waals surface area contributed by atoms with Gasteiger partial charge in [-0.3, -0.25) is 9.59 Å². The highest BCUT2D eigenvalue weighted by molar-refractivity contribution is 5.73. The number of aromatic hydroxyl groups is 1. The van der Waals surface area contributed by atoms with Crippen LogP contribution in [0, 0.1) is 17.8 Å². The third-order valence-corrected chi connectivity index (χ3v) is 6.19. The summed E-state index contributed by atoms with van der Waals surface area (Å²) in [5, 5.41) is 28.7. The van der Waals surface area contributed by atoms with Crippen molar-refractivity contribution < 1.29 is 24.9 Å². The Hall–Kier alpha value is -2.04. The molecule has 0 radical (unpaired) electrons. The van der Waals surface area contributed by atoms with Crippen LogP contribution in [0.15, 0.2) is 12.1 Å². The van der Waals surface area contributed by atoms with Crippen LogP contribution in [0.3, 0.4) is 0 Å². The molecular weight excluding hydrogens is 380 g/mol. The van der Waals surface area contributed by atoms with Gasteiger partial charge in [0.15, 0.2) is 0 Å². The highest BCUT2D eigenvalue weighted by Crippen LogP contribution is 2.28. The zero-order valence-electron chi connectivity index (χ0n) is 19.4. The Morgan fingerprint density at radius 1 is 0.733 bits per heavy atom. The van der Waals surface area contributed by atoms with Crippen molar-refractivity contribution in [1.29, 1.82) is 0 Å². The first-order valence-corrected chi connectivity index (χ1v) is 11.1. The van der Waals surface area contributed by atoms with E-state index in [0.717, 1.165) is 62.5 Å². The summed E-state index contributed by atoms with van der Waals surface area (Å²) in [7, 11) is 0. The topological polar surface area (TPSA) is 94.8 Å². The van der Waals surface area contributed by atoms with Crippen LogP contribution < -0.4 is 0 Å². The third-order valence-electron chi connectivity index (χ3n) is 6.19. The van der Waals surface area contributed by atoms with Gasteiger partial charge in [-0.25, -0.2) is 0 Å². The van der Waals surface area contributed by atoms with E-state index in [9.17, 15) is 14.7 Å². The van der Waals surface area contributed by atoms with Crippen molar-refractivity contribution in [3.8, 4) is 5.75 Å². The van der Waals surface area contributed by atoms with Crippen molar-refractivity contribution in [3.05, 3.63) is 28.8 Å². The van der Waals surface area contributed by atoms with E-state index < -0.39 is 22.8 Å². The van der Waals surface area contributed by atoms with Crippen molar-refractivity contribution in [1.82, 2.24) is 0 Å². The lowest BCUT2D eigenvalue weighted by Gasteiger charge is -2.18. The molecule has 0 aliphatic rings. The summed E-state index contributed by atoms with van der Waals surface area (Å²) in [6.45, 7) is 9.13. The summed E-state index contributed by atoms with van der Waals surface area (Å²) in [6, 6.07) is 3.94. The molecule has 0 unspecified atom stereocenters. The molecule has 5 nitrogen and oxygen atoms in total. The smallest absolute Gasteiger partial charge is 0.309 e. The largest absolute Gasteiger partial charge is 0.508 e. The number of phenols is 1. The van der Waals surface area contributed by atoms with Crippen molar-refractivity contribution in [2.45, 2.75) is 98.8 Å². The van der Waals surface area contributed by atoms with Crippen molar-refractivity contribution >= 4 is 11.9 Å². The lowest BCUT2D eigenvalue weighted by Crippen LogP contribution is -2.23. The van der Waals surface area contributed by atoms with Gasteiger partial charge in [-0.15, -0.1) is 0 Å². The van der Waals surface area contributed by atoms with Crippen LogP contribution in [-0.2, 0) is 22.4 Å². The number of unbranched alkanes of at least 4 members (excludes halogenated alkanes) is 4. The first kappa shape index (κ1) is 26.0. The van der Waals surface area contributed by atoms with Gasteiger partial charge in [-0.05, 0) is 95.9 Å². The molecule has 0 aliphatic heterocycles. The van der Waals surface area contributed by atoms with Crippen LogP contribution in [0.4, 0.5) is 0 Å². The second kappa shape index (κ2) is 11.4. The minimum atomic E-state index is -0.753. The Kier molecular flexibility index (Phi) is 9.86. The molecule has 3 N–H and O–H groups in total. The minimum Gasteiger partial charge on any atom is -0.508 e. The predicted molar refractivity (Wildman–Crippen MR) is 120 cm³/mol. The average molecular weight is 421 g/mol. The fraction of sp³-hybridized carbons (Fsp3) is 0.680. The molecule has 0 amide bonds. The van der Waals surface area contributed by atoms with E-state index in [-0.39, 0.29) is 0 Å². The van der Waals surface area contributed by atoms with Crippen LogP contribution in [-0.4, -0.2) is 27.3 Å². The van der Waals surface area contributed by atoms with Gasteiger partial charge in [-0.2, -0.15) is 0 Å². The molecule has 1 aromatic rings. The maximum Gasteiger partial charge on any atom is 0.309 e. The molecule has 5 heteroatoms. The highest BCUT2D eigenvalue weighted by Gasteiger charge is 2.26. The minimum absolute atomic E-state index is 0.341. The first-order valence-electron chi connectivity index (χ1n) is 11.1. The van der Waals surface area contributed by atoms with Crippen LogP contribution in [0.1, 0.15) is 95.8 Å². The number of rotatable bonds is 14. The van der Waals surface area contributed by atoms with E-state index in [1.54, 1.807) is 27.7 Å². The predicted octanol–water partition coefficient (Wildman–Crippen LogP) is 6.13. The number of phenolic OH excluding ortho intramolecular Hbond substituents is 1. The Balaban J connectivity index is 2.42. The summed E-state index contributed by atoms with van der Waals surface area (Å²) >= 11 is 0. The summed E-state index contributed by atoms with van der Waals surface area (Å²) in [5.41, 5.74) is 1.94. The van der Waals surface area contributed by atoms with Gasteiger partial charge in [0.05, 0.1) is 10.8 Å². The molecule has 0 fully saturated rings. The Labute approximate surface area is 181 Å². The number of aryl methyl sites for hydroxylation is 3. The Morgan fingerprint density at radius 2 is 1.17 bits per heavy atom. The second-order valence-electron chi connectivity index (χ2n) is 9.91. The highest BCUT2D eigenvalue weighted by atomic mass is 16.4. The molecule has 1 aromatic carbocycles. The zero-order valence-corrected chi connectivity index (χ0v) is 19.4.